The summed E-state index contributed by atoms with van der Waals surface area (Å²) >= 11 is 0. The topological polar surface area (TPSA) is 38.5 Å². The Balaban J connectivity index is 2.01. The molecule has 94 valence electrons. The van der Waals surface area contributed by atoms with Crippen molar-refractivity contribution in [2.75, 3.05) is 19.8 Å². The molecule has 0 aromatic carbocycles. The van der Waals surface area contributed by atoms with Crippen LogP contribution in [-0.4, -0.2) is 42.8 Å². The molecule has 0 spiro atoms. The number of nitrogens with two attached hydrogens (primary N) is 1. The molecule has 2 aliphatic heterocycles. The first-order chi connectivity index (χ1) is 7.83. The fourth-order valence-electron chi connectivity index (χ4n) is 3.39. The van der Waals surface area contributed by atoms with E-state index in [2.05, 4.69) is 11.8 Å². The molecule has 16 heavy (non-hydrogen) atoms. The summed E-state index contributed by atoms with van der Waals surface area (Å²) in [5.74, 6) is 0. The Morgan fingerprint density at radius 2 is 2.00 bits per heavy atom. The van der Waals surface area contributed by atoms with Gasteiger partial charge in [0.25, 0.3) is 0 Å². The van der Waals surface area contributed by atoms with Gasteiger partial charge in [-0.15, -0.1) is 0 Å². The molecule has 0 aromatic heterocycles. The quantitative estimate of drug-likeness (QED) is 0.779. The van der Waals surface area contributed by atoms with Crippen LogP contribution in [0.5, 0.6) is 0 Å². The average molecular weight is 226 g/mol. The molecule has 2 N–H and O–H groups in total. The second kappa shape index (κ2) is 5.99. The summed E-state index contributed by atoms with van der Waals surface area (Å²) in [5, 5.41) is 0. The molecule has 3 atom stereocenters. The Morgan fingerprint density at radius 3 is 2.81 bits per heavy atom. The summed E-state index contributed by atoms with van der Waals surface area (Å²) in [7, 11) is 0. The maximum absolute atomic E-state index is 5.93. The van der Waals surface area contributed by atoms with Gasteiger partial charge in [0.1, 0.15) is 0 Å². The first-order valence-electron chi connectivity index (χ1n) is 6.88. The van der Waals surface area contributed by atoms with Gasteiger partial charge in [0.05, 0.1) is 0 Å². The average Bonchev–Trinajstić information content (AvgIpc) is 2.57. The maximum Gasteiger partial charge on any atom is 0.0480 e. The van der Waals surface area contributed by atoms with Gasteiger partial charge in [-0.3, -0.25) is 4.90 Å². The number of likely N-dealkylation sites (tertiary alicyclic amines) is 1. The molecule has 0 aromatic rings. The Hall–Kier alpha value is -0.120. The van der Waals surface area contributed by atoms with Gasteiger partial charge in [-0.25, -0.2) is 0 Å². The zero-order valence-electron chi connectivity index (χ0n) is 10.5. The number of nitrogens with zero attached hydrogens (tertiary/aromatic N) is 1. The van der Waals surface area contributed by atoms with Gasteiger partial charge in [-0.05, 0) is 39.0 Å². The van der Waals surface area contributed by atoms with E-state index < -0.39 is 0 Å². The minimum Gasteiger partial charge on any atom is -0.381 e. The third kappa shape index (κ3) is 2.76. The van der Waals surface area contributed by atoms with Crippen LogP contribution < -0.4 is 5.73 Å². The van der Waals surface area contributed by atoms with Gasteiger partial charge < -0.3 is 10.5 Å². The van der Waals surface area contributed by atoms with E-state index >= 15 is 0 Å². The second-order valence-electron chi connectivity index (χ2n) is 5.31. The van der Waals surface area contributed by atoms with Crippen molar-refractivity contribution in [2.24, 2.45) is 5.73 Å². The molecular weight excluding hydrogens is 200 g/mol. The van der Waals surface area contributed by atoms with Crippen LogP contribution in [0.3, 0.4) is 0 Å². The Bertz CT molecular complexity index is 202. The van der Waals surface area contributed by atoms with Crippen molar-refractivity contribution in [2.45, 2.75) is 63.6 Å². The number of rotatable bonds is 2. The first-order valence-corrected chi connectivity index (χ1v) is 6.88. The molecule has 2 fully saturated rings. The van der Waals surface area contributed by atoms with E-state index in [-0.39, 0.29) is 0 Å². The molecule has 0 saturated carbocycles. The summed E-state index contributed by atoms with van der Waals surface area (Å²) in [4.78, 5) is 2.71. The monoisotopic (exact) mass is 226 g/mol. The molecule has 2 aliphatic rings. The fraction of sp³-hybridized carbons (Fsp3) is 1.00. The highest BCUT2D eigenvalue weighted by Crippen LogP contribution is 2.28. The van der Waals surface area contributed by atoms with Gasteiger partial charge in [-0.1, -0.05) is 6.42 Å². The fourth-order valence-corrected chi connectivity index (χ4v) is 3.39. The van der Waals surface area contributed by atoms with Crippen LogP contribution in [0.15, 0.2) is 0 Å². The Morgan fingerprint density at radius 1 is 1.12 bits per heavy atom. The Kier molecular flexibility index (Phi) is 4.62. The van der Waals surface area contributed by atoms with Crippen molar-refractivity contribution < 1.29 is 4.74 Å². The van der Waals surface area contributed by atoms with Crippen LogP contribution in [-0.2, 0) is 4.74 Å². The summed E-state index contributed by atoms with van der Waals surface area (Å²) in [6.07, 6.45) is 7.68. The van der Waals surface area contributed by atoms with Crippen molar-refractivity contribution in [3.05, 3.63) is 0 Å². The molecule has 0 bridgehead atoms. The van der Waals surface area contributed by atoms with E-state index in [1.54, 1.807) is 0 Å². The smallest absolute Gasteiger partial charge is 0.0480 e. The summed E-state index contributed by atoms with van der Waals surface area (Å²) < 4.78 is 5.56. The van der Waals surface area contributed by atoms with Crippen LogP contribution in [0, 0.1) is 0 Å². The maximum atomic E-state index is 5.93. The lowest BCUT2D eigenvalue weighted by Crippen LogP contribution is -2.53. The molecule has 0 aliphatic carbocycles. The van der Waals surface area contributed by atoms with E-state index in [1.807, 2.05) is 0 Å². The highest BCUT2D eigenvalue weighted by Gasteiger charge is 2.32. The summed E-state index contributed by atoms with van der Waals surface area (Å²) in [5.41, 5.74) is 5.93. The first kappa shape index (κ1) is 12.3. The van der Waals surface area contributed by atoms with E-state index in [4.69, 9.17) is 10.5 Å². The van der Waals surface area contributed by atoms with Crippen LogP contribution in [0.1, 0.15) is 45.4 Å². The SMILES string of the molecule is CC1CCCC(CN)N1C1CCCOCC1. The number of piperidine rings is 1. The molecule has 0 amide bonds. The number of hydrogen-bond donors (Lipinski definition) is 1. The summed E-state index contributed by atoms with van der Waals surface area (Å²) in [6.45, 7) is 5.08. The highest BCUT2D eigenvalue weighted by molar-refractivity contribution is 4.88. The molecule has 2 rings (SSSR count). The summed E-state index contributed by atoms with van der Waals surface area (Å²) in [6, 6.07) is 2.04. The highest BCUT2D eigenvalue weighted by atomic mass is 16.5. The van der Waals surface area contributed by atoms with Gasteiger partial charge in [0, 0.05) is 37.9 Å². The largest absolute Gasteiger partial charge is 0.381 e. The van der Waals surface area contributed by atoms with Crippen LogP contribution >= 0.6 is 0 Å². The van der Waals surface area contributed by atoms with Crippen molar-refractivity contribution in [1.82, 2.24) is 4.90 Å². The third-order valence-corrected chi connectivity index (χ3v) is 4.20. The number of hydrogen-bond acceptors (Lipinski definition) is 3. The molecule has 2 saturated heterocycles. The molecular formula is C13H26N2O. The van der Waals surface area contributed by atoms with Gasteiger partial charge in [0.15, 0.2) is 0 Å². The van der Waals surface area contributed by atoms with Gasteiger partial charge >= 0.3 is 0 Å². The zero-order valence-corrected chi connectivity index (χ0v) is 10.5. The normalized spacial score (nSPS) is 38.2. The van der Waals surface area contributed by atoms with Crippen LogP contribution in [0.4, 0.5) is 0 Å². The second-order valence-corrected chi connectivity index (χ2v) is 5.31. The molecule has 3 nitrogen and oxygen atoms in total. The predicted octanol–water partition coefficient (Wildman–Crippen LogP) is 1.76. The van der Waals surface area contributed by atoms with Crippen molar-refractivity contribution in [1.29, 1.82) is 0 Å². The standard InChI is InChI=1S/C13H26N2O/c1-11-4-2-5-13(10-14)15(11)12-6-3-8-16-9-7-12/h11-13H,2-10,14H2,1H3. The van der Waals surface area contributed by atoms with Gasteiger partial charge in [0.2, 0.25) is 0 Å². The van der Waals surface area contributed by atoms with E-state index in [9.17, 15) is 0 Å². The lowest BCUT2D eigenvalue weighted by atomic mass is 9.92. The lowest BCUT2D eigenvalue weighted by Gasteiger charge is -2.45. The van der Waals surface area contributed by atoms with Gasteiger partial charge in [-0.2, -0.15) is 0 Å². The predicted molar refractivity (Wildman–Crippen MR) is 66.5 cm³/mol. The molecule has 3 unspecified atom stereocenters. The van der Waals surface area contributed by atoms with E-state index in [0.717, 1.165) is 19.8 Å². The third-order valence-electron chi connectivity index (χ3n) is 4.20. The zero-order chi connectivity index (χ0) is 11.4. The van der Waals surface area contributed by atoms with Crippen molar-refractivity contribution in [3.8, 4) is 0 Å². The van der Waals surface area contributed by atoms with Crippen LogP contribution in [0.2, 0.25) is 0 Å². The van der Waals surface area contributed by atoms with Crippen LogP contribution in [0.25, 0.3) is 0 Å². The molecule has 0 radical (unpaired) electrons. The van der Waals surface area contributed by atoms with E-state index in [1.165, 1.54) is 38.5 Å². The molecule has 3 heteroatoms. The lowest BCUT2D eigenvalue weighted by molar-refractivity contribution is 0.0392. The van der Waals surface area contributed by atoms with Crippen molar-refractivity contribution in [3.63, 3.8) is 0 Å². The van der Waals surface area contributed by atoms with E-state index in [0.29, 0.717) is 18.1 Å². The number of ether oxygens (including phenoxy) is 1. The minimum atomic E-state index is 0.617. The molecule has 2 heterocycles. The minimum absolute atomic E-state index is 0.617. The van der Waals surface area contributed by atoms with Crippen molar-refractivity contribution >= 4 is 0 Å². The Labute approximate surface area is 99.3 Å².